The zero-order valence-electron chi connectivity index (χ0n) is 13.3. The molecule has 0 aromatic heterocycles. The lowest BCUT2D eigenvalue weighted by Gasteiger charge is -2.30. The molecule has 0 saturated carbocycles. The van der Waals surface area contributed by atoms with Gasteiger partial charge in [-0.25, -0.2) is 0 Å². The number of hydrogen-bond donors (Lipinski definition) is 0. The van der Waals surface area contributed by atoms with Crippen LogP contribution in [-0.2, 0) is 14.1 Å². The van der Waals surface area contributed by atoms with Crippen LogP contribution in [0.4, 0.5) is 0 Å². The van der Waals surface area contributed by atoms with Crippen molar-refractivity contribution in [3.63, 3.8) is 0 Å². The molecular weight excluding hydrogens is 288 g/mol. The minimum Gasteiger partial charge on any atom is -0.403 e. The van der Waals surface area contributed by atoms with Gasteiger partial charge in [-0.1, -0.05) is 20.8 Å². The van der Waals surface area contributed by atoms with Gasteiger partial charge in [0.05, 0.1) is 6.61 Å². The summed E-state index contributed by atoms with van der Waals surface area (Å²) in [7, 11) is -1.88. The lowest BCUT2D eigenvalue weighted by atomic mass is 10.2. The number of nitrogens with zero attached hydrogens (tertiary/aromatic N) is 2. The van der Waals surface area contributed by atoms with Crippen LogP contribution in [0.1, 0.15) is 33.6 Å². The van der Waals surface area contributed by atoms with Gasteiger partial charge in [0.1, 0.15) is 0 Å². The molecule has 120 valence electrons. The summed E-state index contributed by atoms with van der Waals surface area (Å²) in [6, 6.07) is 2.96. The van der Waals surface area contributed by atoms with E-state index in [0.717, 1.165) is 44.1 Å². The molecule has 1 fully saturated rings. The van der Waals surface area contributed by atoms with Crippen LogP contribution >= 0.6 is 0 Å². The summed E-state index contributed by atoms with van der Waals surface area (Å²) in [6.07, 6.45) is 1.51. The van der Waals surface area contributed by atoms with Crippen molar-refractivity contribution >= 4 is 19.9 Å². The van der Waals surface area contributed by atoms with Crippen molar-refractivity contribution in [2.24, 2.45) is 0 Å². The number of amides is 1. The van der Waals surface area contributed by atoms with Crippen LogP contribution in [0, 0.1) is 5.21 Å². The van der Waals surface area contributed by atoms with Gasteiger partial charge in [-0.05, 0) is 31.0 Å². The first-order valence-electron chi connectivity index (χ1n) is 8.01. The van der Waals surface area contributed by atoms with E-state index in [4.69, 9.17) is 9.26 Å². The van der Waals surface area contributed by atoms with Crippen molar-refractivity contribution < 1.29 is 19.0 Å². The van der Waals surface area contributed by atoms with Crippen LogP contribution in [0.5, 0.6) is 0 Å². The molecule has 0 bridgehead atoms. The third kappa shape index (κ3) is 3.23. The number of likely N-dealkylation sites (tertiary alicyclic amines) is 1. The van der Waals surface area contributed by atoms with E-state index < -0.39 is 14.4 Å². The number of rotatable bonds is 6. The van der Waals surface area contributed by atoms with Crippen LogP contribution in [0.3, 0.4) is 0 Å². The summed E-state index contributed by atoms with van der Waals surface area (Å²) < 4.78 is 6.30. The Hall–Kier alpha value is -1.08. The Kier molecular flexibility index (Phi) is 5.26. The molecule has 6 nitrogen and oxygen atoms in total. The fraction of sp³-hybridized carbons (Fsp3) is 0.857. The smallest absolute Gasteiger partial charge is 0.337 e. The molecule has 1 atom stereocenters. The van der Waals surface area contributed by atoms with Gasteiger partial charge in [-0.3, -0.25) is 10.0 Å². The van der Waals surface area contributed by atoms with Gasteiger partial charge >= 0.3 is 11.6 Å². The first-order valence-corrected chi connectivity index (χ1v) is 10.5. The van der Waals surface area contributed by atoms with Gasteiger partial charge in [0.2, 0.25) is 0 Å². The molecule has 0 aliphatic carbocycles. The Labute approximate surface area is 127 Å². The molecule has 0 aromatic carbocycles. The molecule has 2 aliphatic heterocycles. The Balaban J connectivity index is 2.14. The Morgan fingerprint density at radius 1 is 1.33 bits per heavy atom. The topological polar surface area (TPSA) is 64.8 Å². The third-order valence-corrected chi connectivity index (χ3v) is 9.43. The number of carbonyl (C=O) groups is 1. The second-order valence-electron chi connectivity index (χ2n) is 5.79. The van der Waals surface area contributed by atoms with Gasteiger partial charge in [0, 0.05) is 18.0 Å². The van der Waals surface area contributed by atoms with Crippen LogP contribution in [-0.4, -0.2) is 55.5 Å². The SMILES string of the molecule is CC[Si](CC)(CC)OC1CO[N+]([O-])=C1C(=O)N1CCCC1. The summed E-state index contributed by atoms with van der Waals surface area (Å²) >= 11 is 0. The largest absolute Gasteiger partial charge is 0.403 e. The minimum absolute atomic E-state index is 0.143. The standard InChI is InChI=1S/C14H26N2O4Si/c1-4-21(5-2,6-3)20-12-11-19-16(18)13(12)14(17)15-9-7-8-10-15/h12H,4-11H2,1-3H3. The first kappa shape index (κ1) is 16.3. The highest BCUT2D eigenvalue weighted by Crippen LogP contribution is 2.26. The molecule has 1 unspecified atom stereocenters. The summed E-state index contributed by atoms with van der Waals surface area (Å²) in [6.45, 7) is 8.00. The van der Waals surface area contributed by atoms with Gasteiger partial charge in [0.15, 0.2) is 14.4 Å². The average molecular weight is 314 g/mol. The summed E-state index contributed by atoms with van der Waals surface area (Å²) in [5.74, 6) is -0.212. The maximum atomic E-state index is 12.5. The summed E-state index contributed by atoms with van der Waals surface area (Å²) in [4.78, 5) is 19.7. The van der Waals surface area contributed by atoms with Crippen molar-refractivity contribution in [3.05, 3.63) is 5.21 Å². The van der Waals surface area contributed by atoms with E-state index in [-0.39, 0.29) is 18.2 Å². The van der Waals surface area contributed by atoms with E-state index in [2.05, 4.69) is 20.8 Å². The van der Waals surface area contributed by atoms with E-state index >= 15 is 0 Å². The van der Waals surface area contributed by atoms with Gasteiger partial charge in [-0.15, -0.1) is 0 Å². The molecule has 0 spiro atoms. The Morgan fingerprint density at radius 2 is 1.90 bits per heavy atom. The molecule has 0 aromatic rings. The fourth-order valence-electron chi connectivity index (χ4n) is 3.09. The molecular formula is C14H26N2O4Si. The number of carbonyl (C=O) groups excluding carboxylic acids is 1. The second kappa shape index (κ2) is 6.78. The van der Waals surface area contributed by atoms with Crippen molar-refractivity contribution in [3.8, 4) is 0 Å². The van der Waals surface area contributed by atoms with Crippen LogP contribution in [0.25, 0.3) is 0 Å². The average Bonchev–Trinajstić information content (AvgIpc) is 3.14. The molecule has 7 heteroatoms. The van der Waals surface area contributed by atoms with Crippen LogP contribution < -0.4 is 0 Å². The van der Waals surface area contributed by atoms with Crippen molar-refractivity contribution in [2.75, 3.05) is 19.7 Å². The minimum atomic E-state index is -1.88. The fourth-order valence-corrected chi connectivity index (χ4v) is 5.87. The third-order valence-electron chi connectivity index (χ3n) is 4.78. The van der Waals surface area contributed by atoms with Gasteiger partial charge in [0.25, 0.3) is 0 Å². The van der Waals surface area contributed by atoms with Crippen LogP contribution in [0.15, 0.2) is 0 Å². The molecule has 0 N–H and O–H groups in total. The van der Waals surface area contributed by atoms with Gasteiger partial charge < -0.3 is 14.2 Å². The normalized spacial score (nSPS) is 22.8. The predicted octanol–water partition coefficient (Wildman–Crippen LogP) is 1.90. The van der Waals surface area contributed by atoms with E-state index in [9.17, 15) is 10.0 Å². The molecule has 2 aliphatic rings. The molecule has 1 amide bonds. The highest BCUT2D eigenvalue weighted by Gasteiger charge is 2.45. The Morgan fingerprint density at radius 3 is 2.43 bits per heavy atom. The maximum Gasteiger partial charge on any atom is 0.337 e. The lowest BCUT2D eigenvalue weighted by molar-refractivity contribution is -0.730. The zero-order valence-corrected chi connectivity index (χ0v) is 14.3. The van der Waals surface area contributed by atoms with Crippen molar-refractivity contribution in [2.45, 2.75) is 57.8 Å². The molecule has 2 rings (SSSR count). The van der Waals surface area contributed by atoms with E-state index in [0.29, 0.717) is 4.90 Å². The summed E-state index contributed by atoms with van der Waals surface area (Å²) in [5.41, 5.74) is 0.143. The maximum absolute atomic E-state index is 12.5. The van der Waals surface area contributed by atoms with E-state index in [1.54, 1.807) is 4.90 Å². The monoisotopic (exact) mass is 314 g/mol. The number of hydrogen-bond acceptors (Lipinski definition) is 4. The molecule has 0 radical (unpaired) electrons. The Bertz CT molecular complexity index is 409. The van der Waals surface area contributed by atoms with Crippen LogP contribution in [0.2, 0.25) is 18.1 Å². The van der Waals surface area contributed by atoms with E-state index in [1.807, 2.05) is 0 Å². The van der Waals surface area contributed by atoms with Gasteiger partial charge in [-0.2, -0.15) is 0 Å². The predicted molar refractivity (Wildman–Crippen MR) is 82.5 cm³/mol. The first-order chi connectivity index (χ1) is 10.1. The van der Waals surface area contributed by atoms with E-state index in [1.165, 1.54) is 0 Å². The molecule has 21 heavy (non-hydrogen) atoms. The quantitative estimate of drug-likeness (QED) is 0.555. The zero-order chi connectivity index (χ0) is 15.5. The lowest BCUT2D eigenvalue weighted by Crippen LogP contribution is -2.48. The second-order valence-corrected chi connectivity index (χ2v) is 10.5. The highest BCUT2D eigenvalue weighted by atomic mass is 28.4. The molecule has 1 saturated heterocycles. The highest BCUT2D eigenvalue weighted by molar-refractivity contribution is 6.73. The van der Waals surface area contributed by atoms with Crippen molar-refractivity contribution in [1.82, 2.24) is 4.90 Å². The summed E-state index contributed by atoms with van der Waals surface area (Å²) in [5, 5.41) is 11.9. The van der Waals surface area contributed by atoms with Crippen molar-refractivity contribution in [1.29, 1.82) is 0 Å². The molecule has 2 heterocycles.